The molecule has 1 aromatic rings. The maximum atomic E-state index is 11.8. The summed E-state index contributed by atoms with van der Waals surface area (Å²) in [7, 11) is 1.60. The molecule has 1 heterocycles. The SMILES string of the molecule is Cc1cc(C(=O)O)n(C)c1C(=O)C(C)C. The number of carboxylic acids is 1. The summed E-state index contributed by atoms with van der Waals surface area (Å²) in [6, 6.07) is 1.53. The highest BCUT2D eigenvalue weighted by Crippen LogP contribution is 2.17. The van der Waals surface area contributed by atoms with Gasteiger partial charge in [0, 0.05) is 13.0 Å². The van der Waals surface area contributed by atoms with Crippen molar-refractivity contribution in [3.8, 4) is 0 Å². The largest absolute Gasteiger partial charge is 0.477 e. The van der Waals surface area contributed by atoms with E-state index in [2.05, 4.69) is 0 Å². The highest BCUT2D eigenvalue weighted by Gasteiger charge is 2.21. The average molecular weight is 209 g/mol. The van der Waals surface area contributed by atoms with Crippen molar-refractivity contribution in [3.63, 3.8) is 0 Å². The summed E-state index contributed by atoms with van der Waals surface area (Å²) >= 11 is 0. The first-order chi connectivity index (χ1) is 6.86. The van der Waals surface area contributed by atoms with Gasteiger partial charge in [-0.1, -0.05) is 13.8 Å². The summed E-state index contributed by atoms with van der Waals surface area (Å²) in [6.07, 6.45) is 0. The smallest absolute Gasteiger partial charge is 0.352 e. The Morgan fingerprint density at radius 2 is 1.93 bits per heavy atom. The first-order valence-corrected chi connectivity index (χ1v) is 4.80. The Bertz CT molecular complexity index is 416. The molecule has 0 aliphatic carbocycles. The molecule has 0 aliphatic rings. The number of aromatic nitrogens is 1. The number of carbonyl (C=O) groups is 2. The van der Waals surface area contributed by atoms with Gasteiger partial charge in [-0.2, -0.15) is 0 Å². The summed E-state index contributed by atoms with van der Waals surface area (Å²) in [5.74, 6) is -1.16. The van der Waals surface area contributed by atoms with E-state index in [0.717, 1.165) is 0 Å². The van der Waals surface area contributed by atoms with Crippen LogP contribution in [0, 0.1) is 12.8 Å². The van der Waals surface area contributed by atoms with Gasteiger partial charge >= 0.3 is 5.97 Å². The Morgan fingerprint density at radius 3 is 2.27 bits per heavy atom. The van der Waals surface area contributed by atoms with Gasteiger partial charge in [0.1, 0.15) is 5.69 Å². The van der Waals surface area contributed by atoms with Crippen molar-refractivity contribution in [2.75, 3.05) is 0 Å². The molecular weight excluding hydrogens is 194 g/mol. The second kappa shape index (κ2) is 3.88. The molecule has 0 saturated carbocycles. The fourth-order valence-electron chi connectivity index (χ4n) is 1.59. The Balaban J connectivity index is 3.31. The topological polar surface area (TPSA) is 59.3 Å². The van der Waals surface area contributed by atoms with E-state index in [-0.39, 0.29) is 17.4 Å². The first-order valence-electron chi connectivity index (χ1n) is 4.80. The normalized spacial score (nSPS) is 10.7. The Hall–Kier alpha value is -1.58. The van der Waals surface area contributed by atoms with E-state index < -0.39 is 5.97 Å². The molecule has 0 bridgehead atoms. The molecule has 0 unspecified atom stereocenters. The zero-order valence-corrected chi connectivity index (χ0v) is 9.37. The van der Waals surface area contributed by atoms with Gasteiger partial charge in [0.2, 0.25) is 0 Å². The van der Waals surface area contributed by atoms with Crippen LogP contribution in [0.5, 0.6) is 0 Å². The average Bonchev–Trinajstić information content (AvgIpc) is 2.41. The molecule has 0 aliphatic heterocycles. The highest BCUT2D eigenvalue weighted by atomic mass is 16.4. The van der Waals surface area contributed by atoms with Crippen LogP contribution in [0.2, 0.25) is 0 Å². The second-order valence-electron chi connectivity index (χ2n) is 3.94. The van der Waals surface area contributed by atoms with Gasteiger partial charge in [0.05, 0.1) is 5.69 Å². The fraction of sp³-hybridized carbons (Fsp3) is 0.455. The van der Waals surface area contributed by atoms with Gasteiger partial charge in [-0.05, 0) is 18.6 Å². The Labute approximate surface area is 88.5 Å². The van der Waals surface area contributed by atoms with Gasteiger partial charge in [-0.3, -0.25) is 4.79 Å². The van der Waals surface area contributed by atoms with Crippen LogP contribution in [-0.2, 0) is 7.05 Å². The van der Waals surface area contributed by atoms with Crippen molar-refractivity contribution in [1.29, 1.82) is 0 Å². The van der Waals surface area contributed by atoms with E-state index in [1.54, 1.807) is 27.8 Å². The third-order valence-corrected chi connectivity index (χ3v) is 2.40. The van der Waals surface area contributed by atoms with E-state index in [0.29, 0.717) is 11.3 Å². The third kappa shape index (κ3) is 1.93. The first kappa shape index (κ1) is 11.5. The molecule has 0 spiro atoms. The summed E-state index contributed by atoms with van der Waals surface area (Å²) < 4.78 is 1.44. The zero-order valence-electron chi connectivity index (χ0n) is 9.37. The molecule has 1 aromatic heterocycles. The van der Waals surface area contributed by atoms with Crippen LogP contribution in [0.15, 0.2) is 6.07 Å². The van der Waals surface area contributed by atoms with Crippen LogP contribution in [-0.4, -0.2) is 21.4 Å². The molecule has 0 radical (unpaired) electrons. The van der Waals surface area contributed by atoms with Crippen LogP contribution < -0.4 is 0 Å². The molecule has 0 atom stereocenters. The van der Waals surface area contributed by atoms with Crippen LogP contribution in [0.3, 0.4) is 0 Å². The number of aromatic carboxylic acids is 1. The van der Waals surface area contributed by atoms with Crippen LogP contribution in [0.1, 0.15) is 40.4 Å². The summed E-state index contributed by atoms with van der Waals surface area (Å²) in [5.41, 5.74) is 1.35. The lowest BCUT2D eigenvalue weighted by Gasteiger charge is -2.07. The summed E-state index contributed by atoms with van der Waals surface area (Å²) in [5, 5.41) is 8.89. The number of hydrogen-bond donors (Lipinski definition) is 1. The van der Waals surface area contributed by atoms with Gasteiger partial charge in [0.15, 0.2) is 5.78 Å². The third-order valence-electron chi connectivity index (χ3n) is 2.40. The van der Waals surface area contributed by atoms with Gasteiger partial charge < -0.3 is 9.67 Å². The van der Waals surface area contributed by atoms with E-state index in [1.165, 1.54) is 10.6 Å². The number of ketones is 1. The highest BCUT2D eigenvalue weighted by molar-refractivity contribution is 5.99. The number of carbonyl (C=O) groups excluding carboxylic acids is 1. The van der Waals surface area contributed by atoms with E-state index in [9.17, 15) is 9.59 Å². The maximum Gasteiger partial charge on any atom is 0.352 e. The van der Waals surface area contributed by atoms with Gasteiger partial charge in [-0.25, -0.2) is 4.79 Å². The number of hydrogen-bond acceptors (Lipinski definition) is 2. The van der Waals surface area contributed by atoms with Crippen molar-refractivity contribution in [2.45, 2.75) is 20.8 Å². The molecule has 1 N–H and O–H groups in total. The number of aryl methyl sites for hydroxylation is 1. The van der Waals surface area contributed by atoms with Crippen LogP contribution in [0.4, 0.5) is 0 Å². The number of nitrogens with zero attached hydrogens (tertiary/aromatic N) is 1. The lowest BCUT2D eigenvalue weighted by atomic mass is 10.0. The predicted octanol–water partition coefficient (Wildman–Crippen LogP) is 1.87. The molecule has 0 fully saturated rings. The minimum absolute atomic E-state index is 0.0255. The maximum absolute atomic E-state index is 11.8. The molecule has 1 rings (SSSR count). The molecule has 4 nitrogen and oxygen atoms in total. The monoisotopic (exact) mass is 209 g/mol. The lowest BCUT2D eigenvalue weighted by molar-refractivity contribution is 0.0686. The molecular formula is C11H15NO3. The fourth-order valence-corrected chi connectivity index (χ4v) is 1.59. The van der Waals surface area contributed by atoms with E-state index >= 15 is 0 Å². The quantitative estimate of drug-likeness (QED) is 0.773. The predicted molar refractivity (Wildman–Crippen MR) is 56.3 cm³/mol. The van der Waals surface area contributed by atoms with Crippen molar-refractivity contribution >= 4 is 11.8 Å². The van der Waals surface area contributed by atoms with E-state index in [4.69, 9.17) is 5.11 Å². The molecule has 0 saturated heterocycles. The lowest BCUT2D eigenvalue weighted by Crippen LogP contribution is -2.15. The van der Waals surface area contributed by atoms with Gasteiger partial charge in [-0.15, -0.1) is 0 Å². The number of Topliss-reactive ketones (excluding diaryl/α,β-unsaturated/α-hetero) is 1. The molecule has 15 heavy (non-hydrogen) atoms. The molecule has 82 valence electrons. The molecule has 0 aromatic carbocycles. The molecule has 4 heteroatoms. The summed E-state index contributed by atoms with van der Waals surface area (Å²) in [4.78, 5) is 22.7. The van der Waals surface area contributed by atoms with Crippen molar-refractivity contribution in [1.82, 2.24) is 4.57 Å². The van der Waals surface area contributed by atoms with Crippen molar-refractivity contribution in [3.05, 3.63) is 23.0 Å². The standard InChI is InChI=1S/C11H15NO3/c1-6(2)10(13)9-7(3)5-8(11(14)15)12(9)4/h5-6H,1-4H3,(H,14,15). The second-order valence-corrected chi connectivity index (χ2v) is 3.94. The summed E-state index contributed by atoms with van der Waals surface area (Å²) in [6.45, 7) is 5.35. The van der Waals surface area contributed by atoms with Gasteiger partial charge in [0.25, 0.3) is 0 Å². The Kier molecular flexibility index (Phi) is 2.98. The Morgan fingerprint density at radius 1 is 1.40 bits per heavy atom. The zero-order chi connectivity index (χ0) is 11.7. The minimum Gasteiger partial charge on any atom is -0.477 e. The molecule has 0 amide bonds. The van der Waals surface area contributed by atoms with Crippen LogP contribution in [0.25, 0.3) is 0 Å². The minimum atomic E-state index is -1.01. The van der Waals surface area contributed by atoms with Crippen molar-refractivity contribution in [2.24, 2.45) is 13.0 Å². The van der Waals surface area contributed by atoms with Crippen molar-refractivity contribution < 1.29 is 14.7 Å². The van der Waals surface area contributed by atoms with E-state index in [1.807, 2.05) is 0 Å². The number of rotatable bonds is 3. The number of carboxylic acid groups (broad SMARTS) is 1. The van der Waals surface area contributed by atoms with Crippen LogP contribution >= 0.6 is 0 Å².